The maximum Gasteiger partial charge on any atom is 0.331 e. The predicted octanol–water partition coefficient (Wildman–Crippen LogP) is 0.686. The van der Waals surface area contributed by atoms with Crippen LogP contribution in [0.15, 0.2) is 34.9 Å². The number of amides is 8. The van der Waals surface area contributed by atoms with E-state index in [9.17, 15) is 82.1 Å². The number of hydrogen-bond donors (Lipinski definition) is 11. The van der Waals surface area contributed by atoms with Gasteiger partial charge in [-0.05, 0) is 61.3 Å². The number of carboxylic acids is 2. The summed E-state index contributed by atoms with van der Waals surface area (Å²) < 4.78 is 0. The fourth-order valence-corrected chi connectivity index (χ4v) is 11.9. The number of aliphatic hydroxyl groups is 1. The number of nitrogens with one attached hydrogen (secondary N) is 8. The van der Waals surface area contributed by atoms with Gasteiger partial charge in [-0.3, -0.25) is 67.1 Å². The van der Waals surface area contributed by atoms with Gasteiger partial charge < -0.3 is 62.4 Å². The zero-order chi connectivity index (χ0) is 65.8. The van der Waals surface area contributed by atoms with Crippen molar-refractivity contribution in [1.29, 1.82) is 0 Å². The van der Waals surface area contributed by atoms with Crippen LogP contribution in [-0.2, 0) is 84.8 Å². The second-order valence-electron chi connectivity index (χ2n) is 23.4. The number of carbonyl (C=O) groups excluding carboxylic acids is 13. The summed E-state index contributed by atoms with van der Waals surface area (Å²) in [6, 6.07) is -0.438. The average molecular weight is 1260 g/mol. The molecule has 3 aliphatic rings. The van der Waals surface area contributed by atoms with E-state index in [2.05, 4.69) is 42.2 Å². The van der Waals surface area contributed by atoms with Crippen molar-refractivity contribution in [2.24, 2.45) is 29.6 Å². The van der Waals surface area contributed by atoms with Crippen LogP contribution in [0.1, 0.15) is 130 Å². The topological polar surface area (TPSA) is 420 Å². The molecule has 1 aromatic carbocycles. The number of unbranched alkanes of at least 4 members (excludes halogenated alkanes) is 1. The first-order valence-electron chi connectivity index (χ1n) is 30.1. The molecule has 11 N–H and O–H groups in total. The fourth-order valence-electron chi connectivity index (χ4n) is 10.7. The summed E-state index contributed by atoms with van der Waals surface area (Å²) in [4.78, 5) is 205. The molecule has 3 aliphatic heterocycles. The van der Waals surface area contributed by atoms with Crippen LogP contribution in [0.2, 0.25) is 0 Å². The first-order chi connectivity index (χ1) is 42.1. The highest BCUT2D eigenvalue weighted by atomic mass is 32.2. The Kier molecular flexibility index (Phi) is 27.4. The van der Waals surface area contributed by atoms with Crippen LogP contribution in [0, 0.1) is 29.6 Å². The minimum Gasteiger partial charge on any atom is -0.481 e. The highest BCUT2D eigenvalue weighted by Gasteiger charge is 2.44. The molecular formula is C61H83N9O18S. The summed E-state index contributed by atoms with van der Waals surface area (Å²) in [5, 5.41) is 48.7. The number of fused-ring (bicyclic) bond motifs is 5. The number of thioether (sulfide) groups is 1. The number of aromatic nitrogens is 1. The summed E-state index contributed by atoms with van der Waals surface area (Å²) in [6.45, 7) is 7.55. The Morgan fingerprint density at radius 1 is 0.753 bits per heavy atom. The van der Waals surface area contributed by atoms with Gasteiger partial charge in [0.15, 0.2) is 17.3 Å². The van der Waals surface area contributed by atoms with Crippen molar-refractivity contribution in [3.63, 3.8) is 0 Å². The van der Waals surface area contributed by atoms with Gasteiger partial charge in [-0.25, -0.2) is 4.79 Å². The van der Waals surface area contributed by atoms with Gasteiger partial charge in [0.25, 0.3) is 0 Å². The summed E-state index contributed by atoms with van der Waals surface area (Å²) >= 11 is 0.997. The highest BCUT2D eigenvalue weighted by Crippen LogP contribution is 2.35. The number of benzene rings is 1. The SMILES string of the molecule is CCC(C)[C@@H]1NC(=O)[C@@H]2C[C@@H](O)CN2C(=O)[C@H](CC(=O)O)CC(=O)[C@@H]2CSc3[nH]c4ccc(CC(=O)CNC(=O)C(C)CC(=O)CCCCC(=O)CCNC(=O)/C=C(/C)C(=O)O)cc4c3C[C@H](CC1=O)C(=O)NCC(=O)N[C@@H]([C@@H](C)CC)C(=O)NCC(=O)N2. The molecule has 0 spiro atoms. The lowest BCUT2D eigenvalue weighted by molar-refractivity contribution is -0.148. The van der Waals surface area contributed by atoms with Crippen molar-refractivity contribution in [1.82, 2.24) is 47.1 Å². The number of aromatic amines is 1. The number of rotatable bonds is 23. The van der Waals surface area contributed by atoms with Crippen LogP contribution in [0.3, 0.4) is 0 Å². The average Bonchev–Trinajstić information content (AvgIpc) is 1.79. The molecule has 89 heavy (non-hydrogen) atoms. The van der Waals surface area contributed by atoms with Gasteiger partial charge in [0.1, 0.15) is 23.7 Å². The molecule has 1 aromatic heterocycles. The van der Waals surface area contributed by atoms with E-state index in [0.717, 1.165) is 22.7 Å². The van der Waals surface area contributed by atoms with Crippen LogP contribution in [0.5, 0.6) is 0 Å². The lowest BCUT2D eigenvalue weighted by Crippen LogP contribution is -2.55. The smallest absolute Gasteiger partial charge is 0.331 e. The normalized spacial score (nSPS) is 23.1. The number of carbonyl (C=O) groups is 15. The van der Waals surface area contributed by atoms with E-state index < -0.39 is 182 Å². The number of aliphatic hydroxyl groups excluding tert-OH is 1. The van der Waals surface area contributed by atoms with Crippen LogP contribution < -0.4 is 37.2 Å². The second kappa shape index (κ2) is 34.0. The summed E-state index contributed by atoms with van der Waals surface area (Å²) in [7, 11) is 0. The van der Waals surface area contributed by atoms with Crippen LogP contribution >= 0.6 is 11.8 Å². The summed E-state index contributed by atoms with van der Waals surface area (Å²) in [5.74, 6) is -16.2. The van der Waals surface area contributed by atoms with Crippen LogP contribution in [0.25, 0.3) is 10.9 Å². The Labute approximate surface area is 518 Å². The van der Waals surface area contributed by atoms with E-state index in [1.54, 1.807) is 45.9 Å². The maximum absolute atomic E-state index is 14.8. The molecule has 2 aromatic rings. The minimum absolute atomic E-state index is 0.0151. The molecule has 0 saturated carbocycles. The number of ketones is 5. The number of nitrogens with zero attached hydrogens (tertiary/aromatic N) is 1. The molecule has 486 valence electrons. The van der Waals surface area contributed by atoms with Gasteiger partial charge in [0.05, 0.1) is 55.2 Å². The Balaban J connectivity index is 1.44. The highest BCUT2D eigenvalue weighted by molar-refractivity contribution is 7.99. The van der Waals surface area contributed by atoms with E-state index in [1.165, 1.54) is 13.8 Å². The Morgan fingerprint density at radius 3 is 2.07 bits per heavy atom. The molecule has 8 amide bonds. The van der Waals surface area contributed by atoms with Gasteiger partial charge >= 0.3 is 11.9 Å². The van der Waals surface area contributed by atoms with Crippen molar-refractivity contribution >= 4 is 111 Å². The quantitative estimate of drug-likeness (QED) is 0.0538. The zero-order valence-corrected chi connectivity index (χ0v) is 51.9. The second-order valence-corrected chi connectivity index (χ2v) is 24.4. The molecule has 4 heterocycles. The van der Waals surface area contributed by atoms with E-state index >= 15 is 0 Å². The van der Waals surface area contributed by atoms with Crippen molar-refractivity contribution in [2.75, 3.05) is 38.5 Å². The lowest BCUT2D eigenvalue weighted by Gasteiger charge is -2.31. The zero-order valence-electron chi connectivity index (χ0n) is 51.0. The Bertz CT molecular complexity index is 3090. The Morgan fingerprint density at radius 2 is 1.40 bits per heavy atom. The van der Waals surface area contributed by atoms with Crippen molar-refractivity contribution in [3.8, 4) is 0 Å². The van der Waals surface area contributed by atoms with E-state index in [-0.39, 0.29) is 74.4 Å². The molecule has 2 bridgehead atoms. The number of aliphatic carboxylic acids is 2. The molecule has 5 rings (SSSR count). The molecule has 1 saturated heterocycles. The predicted molar refractivity (Wildman–Crippen MR) is 321 cm³/mol. The van der Waals surface area contributed by atoms with E-state index in [1.807, 2.05) is 0 Å². The number of hydrogen-bond acceptors (Lipinski definition) is 17. The third kappa shape index (κ3) is 21.6. The largest absolute Gasteiger partial charge is 0.481 e. The van der Waals surface area contributed by atoms with E-state index in [0.29, 0.717) is 52.7 Å². The first kappa shape index (κ1) is 71.6. The van der Waals surface area contributed by atoms with Crippen LogP contribution in [0.4, 0.5) is 0 Å². The fraction of sp³-hybridized carbons (Fsp3) is 0.590. The minimum atomic E-state index is -1.61. The molecule has 0 radical (unpaired) electrons. The van der Waals surface area contributed by atoms with Crippen molar-refractivity contribution in [2.45, 2.75) is 167 Å². The van der Waals surface area contributed by atoms with Gasteiger partial charge in [-0.15, -0.1) is 11.8 Å². The standard InChI is InChI=1S/C61H83N9O18S/c1-7-31(3)53-48(76)22-36-21-43-42-20-35(19-40(73)26-63-55(82)33(5)17-39(72)12-10-9-11-38(71)15-16-62-49(77)18-34(6)61(87)88)13-14-44(42)67-59(43)89-30-45(66-50(78)27-65-58(85)54(32(4)8-2)68-51(79)28-64-56(36)83)47(75)23-37(24-52(80)81)60(86)70-29-41(74)25-46(70)57(84)69-53/h13-14,18,20,31-33,36-37,41,45-46,53-54,67,74H,7-12,15-17,19,21-30H2,1-6H3,(H,62,77)(H,63,82)(H,64,83)(H,65,85)(H,66,78)(H,68,79)(H,69,84)(H,80,81)(H,87,88)/b34-18-/t31?,32-,33?,36+,37-,41+,45-,46-,53-,54-/m0/s1. The number of H-pyrrole nitrogens is 1. The van der Waals surface area contributed by atoms with Crippen molar-refractivity contribution in [3.05, 3.63) is 41.0 Å². The molecule has 0 aliphatic carbocycles. The molecule has 1 fully saturated rings. The molecule has 2 unspecified atom stereocenters. The van der Waals surface area contributed by atoms with E-state index in [4.69, 9.17) is 5.11 Å². The van der Waals surface area contributed by atoms with Crippen molar-refractivity contribution < 1.29 is 87.2 Å². The maximum atomic E-state index is 14.8. The molecular weight excluding hydrogens is 1180 g/mol. The van der Waals surface area contributed by atoms with Crippen LogP contribution in [-0.4, -0.2) is 182 Å². The third-order valence-electron chi connectivity index (χ3n) is 16.3. The first-order valence-corrected chi connectivity index (χ1v) is 31.1. The Hall–Kier alpha value is -8.14. The third-order valence-corrected chi connectivity index (χ3v) is 17.4. The molecule has 10 atom stereocenters. The molecule has 28 heteroatoms. The van der Waals surface area contributed by atoms with Gasteiger partial charge in [-0.1, -0.05) is 53.5 Å². The lowest BCUT2D eigenvalue weighted by atomic mass is 9.86. The summed E-state index contributed by atoms with van der Waals surface area (Å²) in [5.41, 5.74) is 1.13. The van der Waals surface area contributed by atoms with Gasteiger partial charge in [0, 0.05) is 105 Å². The monoisotopic (exact) mass is 1260 g/mol. The van der Waals surface area contributed by atoms with Gasteiger partial charge in [0.2, 0.25) is 47.3 Å². The number of Topliss-reactive ketones (excluding diaryl/α,β-unsaturated/α-hetero) is 5. The van der Waals surface area contributed by atoms with Gasteiger partial charge in [-0.2, -0.15) is 0 Å². The molecule has 27 nitrogen and oxygen atoms in total. The number of carboxylic acid groups (broad SMARTS) is 2. The summed E-state index contributed by atoms with van der Waals surface area (Å²) in [6.07, 6.45) is -1.70.